The van der Waals surface area contributed by atoms with E-state index in [2.05, 4.69) is 0 Å². The molecule has 1 unspecified atom stereocenters. The first-order valence-electron chi connectivity index (χ1n) is 2.20. The van der Waals surface area contributed by atoms with E-state index in [0.29, 0.717) is 0 Å². The van der Waals surface area contributed by atoms with Gasteiger partial charge in [0.1, 0.15) is 0 Å². The van der Waals surface area contributed by atoms with Crippen LogP contribution in [0.1, 0.15) is 6.42 Å². The van der Waals surface area contributed by atoms with Gasteiger partial charge in [0.05, 0.1) is 0 Å². The lowest BCUT2D eigenvalue weighted by Gasteiger charge is -1.77. The highest BCUT2D eigenvalue weighted by atomic mass is 35.7. The van der Waals surface area contributed by atoms with Crippen LogP contribution in [0.2, 0.25) is 0 Å². The van der Waals surface area contributed by atoms with Gasteiger partial charge >= 0.3 is 7.15 Å². The number of amides is 1. The van der Waals surface area contributed by atoms with E-state index >= 15 is 0 Å². The van der Waals surface area contributed by atoms with Crippen molar-refractivity contribution in [3.8, 4) is 0 Å². The van der Waals surface area contributed by atoms with Crippen molar-refractivity contribution in [2.75, 3.05) is 0 Å². The normalized spacial score (nSPS) is 11.9. The molecule has 0 aliphatic carbocycles. The van der Waals surface area contributed by atoms with Crippen LogP contribution < -0.4 is 5.73 Å². The predicted octanol–water partition coefficient (Wildman–Crippen LogP) is 1.36. The molecule has 0 radical (unpaired) electrons. The maximum Gasteiger partial charge on any atom is 0.486 e. The number of carbonyl (C=O) groups excluding carboxylic acids is 1. The van der Waals surface area contributed by atoms with E-state index in [9.17, 15) is 9.36 Å². The van der Waals surface area contributed by atoms with Crippen molar-refractivity contribution in [3.63, 3.8) is 0 Å². The van der Waals surface area contributed by atoms with Gasteiger partial charge in [-0.05, 0) is 10.6 Å². The summed E-state index contributed by atoms with van der Waals surface area (Å²) in [6.45, 7) is 0. The third-order valence-electron chi connectivity index (χ3n) is 0.542. The van der Waals surface area contributed by atoms with Gasteiger partial charge in [0.25, 0.3) is 0 Å². The first-order valence-corrected chi connectivity index (χ1v) is 4.43. The number of carbonyl (C=O) groups is 1. The summed E-state index contributed by atoms with van der Waals surface area (Å²) >= 11 is 5.03. The van der Waals surface area contributed by atoms with Crippen molar-refractivity contribution in [2.24, 2.45) is 5.73 Å². The molecule has 0 rings (SSSR count). The molecule has 0 aromatic rings. The Balaban J connectivity index is 3.48. The van der Waals surface area contributed by atoms with Gasteiger partial charge in [-0.2, -0.15) is 0 Å². The zero-order valence-electron chi connectivity index (χ0n) is 4.58. The second-order valence-electron chi connectivity index (χ2n) is 1.33. The Bertz CT molecular complexity index is 157. The molecule has 0 spiro atoms. The second-order valence-corrected chi connectivity index (χ2v) is 3.17. The van der Waals surface area contributed by atoms with Crippen LogP contribution in [0.5, 0.6) is 0 Å². The molecule has 50 valence electrons. The number of hydrogen-bond donors (Lipinski definition) is 1. The standard InChI is InChI=1S/C4H5ClNO2P/c5-9(8)3-1-2-4(6)7/h1,3H,2H2,(H-,6,7)/p+1. The summed E-state index contributed by atoms with van der Waals surface area (Å²) in [5.41, 5.74) is 4.75. The van der Waals surface area contributed by atoms with E-state index < -0.39 is 13.1 Å². The molecule has 0 aliphatic rings. The molecule has 0 heterocycles. The minimum Gasteiger partial charge on any atom is -0.369 e. The van der Waals surface area contributed by atoms with Gasteiger partial charge in [-0.1, -0.05) is 0 Å². The molecule has 0 fully saturated rings. The topological polar surface area (TPSA) is 60.2 Å². The van der Waals surface area contributed by atoms with Crippen molar-refractivity contribution in [2.45, 2.75) is 6.42 Å². The average molecular weight is 167 g/mol. The smallest absolute Gasteiger partial charge is 0.369 e. The Morgan fingerprint density at radius 3 is 2.67 bits per heavy atom. The van der Waals surface area contributed by atoms with Gasteiger partial charge in [-0.3, -0.25) is 4.79 Å². The molecule has 0 saturated heterocycles. The quantitative estimate of drug-likeness (QED) is 0.644. The lowest BCUT2D eigenvalue weighted by molar-refractivity contribution is -0.117. The van der Waals surface area contributed by atoms with Crippen molar-refractivity contribution in [3.05, 3.63) is 11.9 Å². The molecule has 0 aromatic carbocycles. The Hall–Kier alpha value is -0.400. The van der Waals surface area contributed by atoms with Crippen LogP contribution in [0, 0.1) is 0 Å². The first-order chi connectivity index (χ1) is 4.13. The SMILES string of the molecule is NC(=O)CC=C[P+](=O)Cl. The van der Waals surface area contributed by atoms with E-state index in [1.807, 2.05) is 0 Å². The van der Waals surface area contributed by atoms with E-state index in [0.717, 1.165) is 0 Å². The van der Waals surface area contributed by atoms with Gasteiger partial charge in [0.2, 0.25) is 17.1 Å². The second kappa shape index (κ2) is 4.48. The molecule has 0 aromatic heterocycles. The third kappa shape index (κ3) is 7.60. The van der Waals surface area contributed by atoms with Gasteiger partial charge in [0.15, 0.2) is 5.82 Å². The van der Waals surface area contributed by atoms with Crippen LogP contribution in [0.3, 0.4) is 0 Å². The Morgan fingerprint density at radius 2 is 2.33 bits per heavy atom. The molecule has 5 heteroatoms. The average Bonchev–Trinajstić information content (AvgIpc) is 1.63. The fourth-order valence-electron chi connectivity index (χ4n) is 0.252. The van der Waals surface area contributed by atoms with Crippen molar-refractivity contribution in [1.82, 2.24) is 0 Å². The van der Waals surface area contributed by atoms with Crippen molar-refractivity contribution in [1.29, 1.82) is 0 Å². The number of hydrogen-bond acceptors (Lipinski definition) is 2. The number of rotatable bonds is 3. The number of primary amides is 1. The van der Waals surface area contributed by atoms with Crippen LogP contribution >= 0.6 is 18.4 Å². The maximum atomic E-state index is 10.1. The highest BCUT2D eigenvalue weighted by Crippen LogP contribution is 2.27. The Labute approximate surface area is 58.4 Å². The van der Waals surface area contributed by atoms with Crippen molar-refractivity contribution >= 4 is 24.3 Å². The van der Waals surface area contributed by atoms with Gasteiger partial charge in [0, 0.05) is 6.42 Å². The lowest BCUT2D eigenvalue weighted by Crippen LogP contribution is -2.07. The summed E-state index contributed by atoms with van der Waals surface area (Å²) in [6.07, 6.45) is 1.47. The molecule has 1 amide bonds. The number of halogens is 1. The Morgan fingerprint density at radius 1 is 1.78 bits per heavy atom. The fraction of sp³-hybridized carbons (Fsp3) is 0.250. The van der Waals surface area contributed by atoms with Crippen molar-refractivity contribution < 1.29 is 9.36 Å². The molecular formula is C4H6ClNO2P+. The lowest BCUT2D eigenvalue weighted by atomic mass is 10.4. The minimum atomic E-state index is -1.80. The number of nitrogens with two attached hydrogens (primary N) is 1. The van der Waals surface area contributed by atoms with Crippen LogP contribution in [0.25, 0.3) is 0 Å². The van der Waals surface area contributed by atoms with Crippen LogP contribution in [-0.2, 0) is 9.36 Å². The predicted molar refractivity (Wildman–Crippen MR) is 36.4 cm³/mol. The van der Waals surface area contributed by atoms with Gasteiger partial charge in [-0.25, -0.2) is 0 Å². The highest BCUT2D eigenvalue weighted by molar-refractivity contribution is 7.76. The van der Waals surface area contributed by atoms with E-state index in [4.69, 9.17) is 17.0 Å². The summed E-state index contributed by atoms with van der Waals surface area (Å²) in [7, 11) is -1.80. The molecule has 0 aliphatic heterocycles. The highest BCUT2D eigenvalue weighted by Gasteiger charge is 2.01. The summed E-state index contributed by atoms with van der Waals surface area (Å²) in [6, 6.07) is 0. The first kappa shape index (κ1) is 8.60. The van der Waals surface area contributed by atoms with Crippen LogP contribution in [0.15, 0.2) is 11.9 Å². The fourth-order valence-corrected chi connectivity index (χ4v) is 0.762. The zero-order valence-corrected chi connectivity index (χ0v) is 6.23. The molecular weight excluding hydrogens is 160 g/mol. The summed E-state index contributed by atoms with van der Waals surface area (Å²) in [4.78, 5) is 10.0. The monoisotopic (exact) mass is 166 g/mol. The van der Waals surface area contributed by atoms with E-state index in [1.54, 1.807) is 0 Å². The molecule has 2 N–H and O–H groups in total. The minimum absolute atomic E-state index is 0.0911. The molecule has 1 atom stereocenters. The largest absolute Gasteiger partial charge is 0.486 e. The van der Waals surface area contributed by atoms with Crippen LogP contribution in [-0.4, -0.2) is 5.91 Å². The van der Waals surface area contributed by atoms with Gasteiger partial charge in [-0.15, -0.1) is 0 Å². The van der Waals surface area contributed by atoms with E-state index in [1.165, 1.54) is 11.9 Å². The third-order valence-corrected chi connectivity index (χ3v) is 1.32. The maximum absolute atomic E-state index is 10.1. The summed E-state index contributed by atoms with van der Waals surface area (Å²) in [5.74, 6) is 0.779. The van der Waals surface area contributed by atoms with Gasteiger partial charge < -0.3 is 5.73 Å². The summed E-state index contributed by atoms with van der Waals surface area (Å²) in [5, 5.41) is 0. The molecule has 9 heavy (non-hydrogen) atoms. The molecule has 3 nitrogen and oxygen atoms in total. The van der Waals surface area contributed by atoms with E-state index in [-0.39, 0.29) is 6.42 Å². The zero-order chi connectivity index (χ0) is 7.28. The summed E-state index contributed by atoms with van der Waals surface area (Å²) < 4.78 is 10.1. The van der Waals surface area contributed by atoms with Crippen LogP contribution in [0.4, 0.5) is 0 Å². The molecule has 0 saturated carbocycles. The Kier molecular flexibility index (Phi) is 4.28. The molecule has 0 bridgehead atoms.